The zero-order valence-corrected chi connectivity index (χ0v) is 13.9. The number of pyridine rings is 1. The number of nitrogens with zero attached hydrogens (tertiary/aromatic N) is 2. The number of carboxylic acids is 1. The maximum Gasteiger partial charge on any atom is 0.354 e. The predicted octanol–water partition coefficient (Wildman–Crippen LogP) is 1.21. The van der Waals surface area contributed by atoms with Gasteiger partial charge in [0.25, 0.3) is 5.91 Å². The van der Waals surface area contributed by atoms with E-state index in [1.807, 2.05) is 0 Å². The SMILES string of the molecule is CN(C(=O)c1cccc(C(=O)O)n1)[C@H]1CCCC[C@H]1S(C)(=O)=O. The third-order valence-corrected chi connectivity index (χ3v) is 5.87. The minimum atomic E-state index is -3.27. The van der Waals surface area contributed by atoms with Gasteiger partial charge in [0.15, 0.2) is 9.84 Å². The Labute approximate surface area is 135 Å². The van der Waals surface area contributed by atoms with E-state index in [9.17, 15) is 18.0 Å². The molecule has 1 heterocycles. The van der Waals surface area contributed by atoms with Crippen LogP contribution in [0.3, 0.4) is 0 Å². The fourth-order valence-electron chi connectivity index (χ4n) is 3.02. The van der Waals surface area contributed by atoms with Crippen molar-refractivity contribution < 1.29 is 23.1 Å². The molecule has 1 aromatic heterocycles. The first-order valence-electron chi connectivity index (χ1n) is 7.38. The zero-order valence-electron chi connectivity index (χ0n) is 13.1. The predicted molar refractivity (Wildman–Crippen MR) is 84.2 cm³/mol. The average Bonchev–Trinajstić information content (AvgIpc) is 2.52. The van der Waals surface area contributed by atoms with E-state index in [2.05, 4.69) is 4.98 Å². The van der Waals surface area contributed by atoms with Crippen LogP contribution >= 0.6 is 0 Å². The number of hydrogen-bond donors (Lipinski definition) is 1. The molecule has 0 radical (unpaired) electrons. The highest BCUT2D eigenvalue weighted by atomic mass is 32.2. The third kappa shape index (κ3) is 3.87. The number of amides is 1. The van der Waals surface area contributed by atoms with Gasteiger partial charge in [-0.05, 0) is 25.0 Å². The van der Waals surface area contributed by atoms with E-state index in [0.29, 0.717) is 12.8 Å². The van der Waals surface area contributed by atoms with Crippen molar-refractivity contribution in [1.82, 2.24) is 9.88 Å². The molecule has 2 atom stereocenters. The number of carbonyl (C=O) groups excluding carboxylic acids is 1. The van der Waals surface area contributed by atoms with E-state index in [1.165, 1.54) is 29.4 Å². The second-order valence-corrected chi connectivity index (χ2v) is 8.11. The summed E-state index contributed by atoms with van der Waals surface area (Å²) >= 11 is 0. The lowest BCUT2D eigenvalue weighted by molar-refractivity contribution is 0.0685. The van der Waals surface area contributed by atoms with Gasteiger partial charge in [0.1, 0.15) is 11.4 Å². The van der Waals surface area contributed by atoms with Gasteiger partial charge in [-0.25, -0.2) is 18.2 Å². The van der Waals surface area contributed by atoms with E-state index >= 15 is 0 Å². The molecule has 0 aliphatic heterocycles. The van der Waals surface area contributed by atoms with Crippen molar-refractivity contribution in [1.29, 1.82) is 0 Å². The smallest absolute Gasteiger partial charge is 0.354 e. The summed E-state index contributed by atoms with van der Waals surface area (Å²) in [5.41, 5.74) is -0.210. The van der Waals surface area contributed by atoms with Crippen LogP contribution in [0.25, 0.3) is 0 Å². The fourth-order valence-corrected chi connectivity index (χ4v) is 4.51. The highest BCUT2D eigenvalue weighted by molar-refractivity contribution is 7.91. The largest absolute Gasteiger partial charge is 0.477 e. The average molecular weight is 340 g/mol. The van der Waals surface area contributed by atoms with Crippen LogP contribution in [0.1, 0.15) is 46.7 Å². The standard InChI is InChI=1S/C15H20N2O5S/c1-17(12-8-3-4-9-13(12)23(2,21)22)14(18)10-6-5-7-11(16-10)15(19)20/h5-7,12-13H,3-4,8-9H2,1-2H3,(H,19,20)/t12-,13+/m0/s1. The van der Waals surface area contributed by atoms with Crippen molar-refractivity contribution in [2.45, 2.75) is 37.0 Å². The highest BCUT2D eigenvalue weighted by Gasteiger charge is 2.37. The van der Waals surface area contributed by atoms with E-state index in [4.69, 9.17) is 5.11 Å². The summed E-state index contributed by atoms with van der Waals surface area (Å²) < 4.78 is 23.9. The van der Waals surface area contributed by atoms with Gasteiger partial charge in [-0.1, -0.05) is 18.9 Å². The molecule has 23 heavy (non-hydrogen) atoms. The molecule has 1 aromatic rings. The van der Waals surface area contributed by atoms with Crippen LogP contribution < -0.4 is 0 Å². The Morgan fingerprint density at radius 3 is 2.43 bits per heavy atom. The molecule has 1 saturated carbocycles. The molecule has 126 valence electrons. The molecule has 1 aliphatic carbocycles. The molecule has 0 unspecified atom stereocenters. The minimum absolute atomic E-state index is 0.00484. The van der Waals surface area contributed by atoms with Crippen LogP contribution in [0, 0.1) is 0 Å². The van der Waals surface area contributed by atoms with Crippen LogP contribution in [0.4, 0.5) is 0 Å². The van der Waals surface area contributed by atoms with Crippen LogP contribution in [-0.4, -0.2) is 59.9 Å². The van der Waals surface area contributed by atoms with Gasteiger partial charge >= 0.3 is 5.97 Å². The minimum Gasteiger partial charge on any atom is -0.477 e. The Morgan fingerprint density at radius 1 is 1.22 bits per heavy atom. The summed E-state index contributed by atoms with van der Waals surface area (Å²) in [5.74, 6) is -1.68. The van der Waals surface area contributed by atoms with Crippen molar-refractivity contribution in [2.75, 3.05) is 13.3 Å². The number of aromatic carboxylic acids is 1. The molecule has 0 bridgehead atoms. The van der Waals surface area contributed by atoms with Gasteiger partial charge in [0.2, 0.25) is 0 Å². The summed E-state index contributed by atoms with van der Waals surface area (Å²) in [6.07, 6.45) is 4.01. The highest BCUT2D eigenvalue weighted by Crippen LogP contribution is 2.28. The maximum atomic E-state index is 12.6. The monoisotopic (exact) mass is 340 g/mol. The molecule has 0 aromatic carbocycles. The molecular weight excluding hydrogens is 320 g/mol. The second-order valence-electron chi connectivity index (χ2n) is 5.85. The lowest BCUT2D eigenvalue weighted by atomic mass is 9.93. The summed E-state index contributed by atoms with van der Waals surface area (Å²) in [6, 6.07) is 3.77. The number of carboxylic acid groups (broad SMARTS) is 1. The molecule has 7 nitrogen and oxygen atoms in total. The van der Waals surface area contributed by atoms with Crippen molar-refractivity contribution in [3.8, 4) is 0 Å². The van der Waals surface area contributed by atoms with E-state index in [-0.39, 0.29) is 11.4 Å². The number of sulfone groups is 1. The lowest BCUT2D eigenvalue weighted by Gasteiger charge is -2.36. The van der Waals surface area contributed by atoms with Crippen LogP contribution in [-0.2, 0) is 9.84 Å². The lowest BCUT2D eigenvalue weighted by Crippen LogP contribution is -2.49. The quantitative estimate of drug-likeness (QED) is 0.883. The summed E-state index contributed by atoms with van der Waals surface area (Å²) in [4.78, 5) is 28.8. The molecule has 1 amide bonds. The first-order valence-corrected chi connectivity index (χ1v) is 9.33. The van der Waals surface area contributed by atoms with E-state index in [1.54, 1.807) is 7.05 Å². The number of carbonyl (C=O) groups is 2. The van der Waals surface area contributed by atoms with Gasteiger partial charge < -0.3 is 10.0 Å². The fraction of sp³-hybridized carbons (Fsp3) is 0.533. The summed E-state index contributed by atoms with van der Waals surface area (Å²) in [6.45, 7) is 0. The van der Waals surface area contributed by atoms with Crippen molar-refractivity contribution in [3.63, 3.8) is 0 Å². The Morgan fingerprint density at radius 2 is 1.83 bits per heavy atom. The Balaban J connectivity index is 2.27. The first-order chi connectivity index (χ1) is 10.7. The summed E-state index contributed by atoms with van der Waals surface area (Å²) in [5, 5.41) is 8.37. The summed E-state index contributed by atoms with van der Waals surface area (Å²) in [7, 11) is -1.72. The Kier molecular flexibility index (Phi) is 5.03. The van der Waals surface area contributed by atoms with E-state index in [0.717, 1.165) is 12.8 Å². The second kappa shape index (κ2) is 6.66. The van der Waals surface area contributed by atoms with Crippen molar-refractivity contribution in [2.24, 2.45) is 0 Å². The van der Waals surface area contributed by atoms with Gasteiger partial charge in [-0.15, -0.1) is 0 Å². The van der Waals surface area contributed by atoms with Gasteiger partial charge in [0.05, 0.1) is 5.25 Å². The number of aromatic nitrogens is 1. The molecule has 1 aliphatic rings. The molecule has 1 N–H and O–H groups in total. The van der Waals surface area contributed by atoms with Crippen LogP contribution in [0.15, 0.2) is 18.2 Å². The van der Waals surface area contributed by atoms with Gasteiger partial charge in [-0.2, -0.15) is 0 Å². The maximum absolute atomic E-state index is 12.6. The Hall–Kier alpha value is -1.96. The molecule has 0 spiro atoms. The normalized spacial score (nSPS) is 21.7. The van der Waals surface area contributed by atoms with Crippen LogP contribution in [0.2, 0.25) is 0 Å². The molecule has 1 fully saturated rings. The van der Waals surface area contributed by atoms with Gasteiger partial charge in [-0.3, -0.25) is 4.79 Å². The topological polar surface area (TPSA) is 105 Å². The van der Waals surface area contributed by atoms with Gasteiger partial charge in [0, 0.05) is 19.3 Å². The van der Waals surface area contributed by atoms with Crippen molar-refractivity contribution >= 4 is 21.7 Å². The first kappa shape index (κ1) is 17.4. The molecule has 2 rings (SSSR count). The molecular formula is C15H20N2O5S. The van der Waals surface area contributed by atoms with E-state index < -0.39 is 33.0 Å². The third-order valence-electron chi connectivity index (χ3n) is 4.22. The molecule has 0 saturated heterocycles. The zero-order chi connectivity index (χ0) is 17.2. The van der Waals surface area contributed by atoms with Crippen molar-refractivity contribution in [3.05, 3.63) is 29.6 Å². The molecule has 8 heteroatoms. The number of rotatable bonds is 4. The Bertz CT molecular complexity index is 716. The number of hydrogen-bond acceptors (Lipinski definition) is 5. The van der Waals surface area contributed by atoms with Crippen LogP contribution in [0.5, 0.6) is 0 Å².